The van der Waals surface area contributed by atoms with Crippen molar-refractivity contribution in [3.63, 3.8) is 0 Å². The molecule has 0 radical (unpaired) electrons. The third-order valence-corrected chi connectivity index (χ3v) is 3.38. The molecule has 1 heterocycles. The molecule has 0 amide bonds. The smallest absolute Gasteiger partial charge is 0.0410 e. The minimum atomic E-state index is 0.338. The second-order valence-electron chi connectivity index (χ2n) is 4.52. The number of nitrogens with zero attached hydrogens (tertiary/aromatic N) is 1. The number of halogens is 1. The fourth-order valence-electron chi connectivity index (χ4n) is 1.80. The maximum atomic E-state index is 4.16. The molecule has 18 heavy (non-hydrogen) atoms. The van der Waals surface area contributed by atoms with Crippen LogP contribution < -0.4 is 5.32 Å². The summed E-state index contributed by atoms with van der Waals surface area (Å²) < 4.78 is 1.02. The van der Waals surface area contributed by atoms with Gasteiger partial charge in [0.15, 0.2) is 0 Å². The Morgan fingerprint density at radius 2 is 1.94 bits per heavy atom. The summed E-state index contributed by atoms with van der Waals surface area (Å²) in [7, 11) is 0. The van der Waals surface area contributed by atoms with Gasteiger partial charge in [-0.15, -0.1) is 0 Å². The second kappa shape index (κ2) is 6.12. The Morgan fingerprint density at radius 3 is 2.61 bits per heavy atom. The first kappa shape index (κ1) is 13.2. The maximum Gasteiger partial charge on any atom is 0.0410 e. The van der Waals surface area contributed by atoms with Crippen LogP contribution in [0.4, 0.5) is 0 Å². The molecule has 1 atom stereocenters. The second-order valence-corrected chi connectivity index (χ2v) is 5.44. The summed E-state index contributed by atoms with van der Waals surface area (Å²) in [6, 6.07) is 11.1. The summed E-state index contributed by atoms with van der Waals surface area (Å²) in [5.41, 5.74) is 3.79. The van der Waals surface area contributed by atoms with Gasteiger partial charge in [0, 0.05) is 29.5 Å². The van der Waals surface area contributed by atoms with Gasteiger partial charge in [-0.05, 0) is 47.0 Å². The normalized spacial score (nSPS) is 12.4. The lowest BCUT2D eigenvalue weighted by Gasteiger charge is -2.14. The highest BCUT2D eigenvalue weighted by Crippen LogP contribution is 2.15. The quantitative estimate of drug-likeness (QED) is 0.923. The molecule has 0 aliphatic rings. The van der Waals surface area contributed by atoms with Crippen LogP contribution in [0.2, 0.25) is 0 Å². The first-order valence-corrected chi connectivity index (χ1v) is 6.84. The summed E-state index contributed by atoms with van der Waals surface area (Å²) in [5.74, 6) is 0. The van der Waals surface area contributed by atoms with Crippen molar-refractivity contribution in [2.75, 3.05) is 0 Å². The van der Waals surface area contributed by atoms with E-state index >= 15 is 0 Å². The van der Waals surface area contributed by atoms with Gasteiger partial charge >= 0.3 is 0 Å². The summed E-state index contributed by atoms with van der Waals surface area (Å²) in [6.07, 6.45) is 3.69. The molecule has 1 aromatic carbocycles. The molecular weight excluding hydrogens is 288 g/mol. The lowest BCUT2D eigenvalue weighted by molar-refractivity contribution is 0.573. The third kappa shape index (κ3) is 3.65. The van der Waals surface area contributed by atoms with E-state index in [0.29, 0.717) is 6.04 Å². The van der Waals surface area contributed by atoms with Crippen molar-refractivity contribution in [3.8, 4) is 0 Å². The van der Waals surface area contributed by atoms with Crippen molar-refractivity contribution >= 4 is 15.9 Å². The van der Waals surface area contributed by atoms with Gasteiger partial charge < -0.3 is 5.32 Å². The van der Waals surface area contributed by atoms with E-state index in [1.807, 2.05) is 6.20 Å². The van der Waals surface area contributed by atoms with Gasteiger partial charge in [0.2, 0.25) is 0 Å². The topological polar surface area (TPSA) is 24.9 Å². The predicted molar refractivity (Wildman–Crippen MR) is 78.4 cm³/mol. The molecule has 0 fully saturated rings. The van der Waals surface area contributed by atoms with Crippen LogP contribution >= 0.6 is 15.9 Å². The molecule has 1 N–H and O–H groups in total. The highest BCUT2D eigenvalue weighted by molar-refractivity contribution is 9.10. The van der Waals surface area contributed by atoms with E-state index in [0.717, 1.165) is 11.0 Å². The Morgan fingerprint density at radius 1 is 1.22 bits per heavy atom. The van der Waals surface area contributed by atoms with Crippen molar-refractivity contribution in [2.24, 2.45) is 0 Å². The largest absolute Gasteiger partial charge is 0.306 e. The number of hydrogen-bond donors (Lipinski definition) is 1. The zero-order valence-corrected chi connectivity index (χ0v) is 12.2. The van der Waals surface area contributed by atoms with E-state index in [1.54, 1.807) is 6.20 Å². The van der Waals surface area contributed by atoms with E-state index in [4.69, 9.17) is 0 Å². The Balaban J connectivity index is 1.96. The summed E-state index contributed by atoms with van der Waals surface area (Å²) in [6.45, 7) is 5.10. The number of nitrogens with one attached hydrogen (secondary N) is 1. The lowest BCUT2D eigenvalue weighted by atomic mass is 10.1. The number of aryl methyl sites for hydroxylation is 1. The van der Waals surface area contributed by atoms with Gasteiger partial charge in [-0.2, -0.15) is 0 Å². The van der Waals surface area contributed by atoms with E-state index < -0.39 is 0 Å². The predicted octanol–water partition coefficient (Wildman–Crippen LogP) is 4.00. The van der Waals surface area contributed by atoms with Crippen molar-refractivity contribution in [3.05, 3.63) is 63.9 Å². The standard InChI is InChI=1S/C15H17BrN2/c1-11-3-5-14(6-4-11)12(2)18-9-13-7-15(16)10-17-8-13/h3-8,10,12,18H,9H2,1-2H3. The van der Waals surface area contributed by atoms with Crippen LogP contribution in [0.1, 0.15) is 29.7 Å². The fraction of sp³-hybridized carbons (Fsp3) is 0.267. The average Bonchev–Trinajstić information content (AvgIpc) is 2.37. The van der Waals surface area contributed by atoms with Crippen LogP contribution in [0.25, 0.3) is 0 Å². The van der Waals surface area contributed by atoms with Gasteiger partial charge in [-0.25, -0.2) is 0 Å². The van der Waals surface area contributed by atoms with E-state index in [1.165, 1.54) is 16.7 Å². The van der Waals surface area contributed by atoms with E-state index in [9.17, 15) is 0 Å². The monoisotopic (exact) mass is 304 g/mol. The van der Waals surface area contributed by atoms with Crippen molar-refractivity contribution in [2.45, 2.75) is 26.4 Å². The third-order valence-electron chi connectivity index (χ3n) is 2.95. The highest BCUT2D eigenvalue weighted by Gasteiger charge is 2.04. The number of aromatic nitrogens is 1. The molecule has 1 unspecified atom stereocenters. The number of rotatable bonds is 4. The lowest BCUT2D eigenvalue weighted by Crippen LogP contribution is -2.18. The van der Waals surface area contributed by atoms with Crippen LogP contribution in [0.3, 0.4) is 0 Å². The molecule has 0 saturated heterocycles. The fourth-order valence-corrected chi connectivity index (χ4v) is 2.21. The SMILES string of the molecule is Cc1ccc(C(C)NCc2cncc(Br)c2)cc1. The molecule has 2 aromatic rings. The molecule has 0 aliphatic heterocycles. The first-order chi connectivity index (χ1) is 8.65. The molecule has 2 nitrogen and oxygen atoms in total. The summed E-state index contributed by atoms with van der Waals surface area (Å²) in [4.78, 5) is 4.16. The molecule has 0 saturated carbocycles. The van der Waals surface area contributed by atoms with E-state index in [-0.39, 0.29) is 0 Å². The minimum absolute atomic E-state index is 0.338. The molecule has 1 aromatic heterocycles. The molecular formula is C15H17BrN2. The first-order valence-electron chi connectivity index (χ1n) is 6.04. The zero-order chi connectivity index (χ0) is 13.0. The van der Waals surface area contributed by atoms with E-state index in [2.05, 4.69) is 70.4 Å². The molecule has 2 rings (SSSR count). The molecule has 0 bridgehead atoms. The Kier molecular flexibility index (Phi) is 4.50. The zero-order valence-electron chi connectivity index (χ0n) is 10.7. The van der Waals surface area contributed by atoms with Crippen LogP contribution in [0, 0.1) is 6.92 Å². The summed E-state index contributed by atoms with van der Waals surface area (Å²) in [5, 5.41) is 3.50. The number of benzene rings is 1. The van der Waals surface area contributed by atoms with Crippen LogP contribution in [0.5, 0.6) is 0 Å². The number of hydrogen-bond acceptors (Lipinski definition) is 2. The van der Waals surface area contributed by atoms with Gasteiger partial charge in [0.25, 0.3) is 0 Å². The molecule has 3 heteroatoms. The van der Waals surface area contributed by atoms with Crippen LogP contribution in [-0.2, 0) is 6.54 Å². The van der Waals surface area contributed by atoms with Gasteiger partial charge in [-0.1, -0.05) is 29.8 Å². The van der Waals surface area contributed by atoms with Gasteiger partial charge in [0.05, 0.1) is 0 Å². The molecule has 0 aliphatic carbocycles. The average molecular weight is 305 g/mol. The minimum Gasteiger partial charge on any atom is -0.306 e. The molecule has 94 valence electrons. The van der Waals surface area contributed by atoms with Crippen molar-refractivity contribution < 1.29 is 0 Å². The summed E-state index contributed by atoms with van der Waals surface area (Å²) >= 11 is 3.43. The van der Waals surface area contributed by atoms with Gasteiger partial charge in [0.1, 0.15) is 0 Å². The highest BCUT2D eigenvalue weighted by atomic mass is 79.9. The van der Waals surface area contributed by atoms with Crippen LogP contribution in [-0.4, -0.2) is 4.98 Å². The maximum absolute atomic E-state index is 4.16. The van der Waals surface area contributed by atoms with Gasteiger partial charge in [-0.3, -0.25) is 4.98 Å². The van der Waals surface area contributed by atoms with Crippen LogP contribution in [0.15, 0.2) is 47.2 Å². The Labute approximate surface area is 117 Å². The van der Waals surface area contributed by atoms with Crippen molar-refractivity contribution in [1.82, 2.24) is 10.3 Å². The Hall–Kier alpha value is -1.19. The Bertz CT molecular complexity index is 508. The van der Waals surface area contributed by atoms with Crippen molar-refractivity contribution in [1.29, 1.82) is 0 Å². The molecule has 0 spiro atoms. The number of pyridine rings is 1.